The van der Waals surface area contributed by atoms with Crippen LogP contribution in [-0.4, -0.2) is 5.11 Å². The van der Waals surface area contributed by atoms with Crippen molar-refractivity contribution in [3.05, 3.63) is 59.2 Å². The van der Waals surface area contributed by atoms with Crippen molar-refractivity contribution in [3.8, 4) is 5.75 Å². The predicted molar refractivity (Wildman–Crippen MR) is 80.7 cm³/mol. The van der Waals surface area contributed by atoms with Crippen molar-refractivity contribution in [1.29, 1.82) is 0 Å². The van der Waals surface area contributed by atoms with Crippen LogP contribution in [0.2, 0.25) is 0 Å². The third kappa shape index (κ3) is 3.28. The highest BCUT2D eigenvalue weighted by Crippen LogP contribution is 2.25. The molecule has 0 radical (unpaired) electrons. The summed E-state index contributed by atoms with van der Waals surface area (Å²) >= 11 is 0. The van der Waals surface area contributed by atoms with Gasteiger partial charge in [0.1, 0.15) is 5.75 Å². The molecule has 0 saturated carbocycles. The lowest BCUT2D eigenvalue weighted by atomic mass is 10.0. The molecular formula is C17H21NO. The summed E-state index contributed by atoms with van der Waals surface area (Å²) < 4.78 is 0. The van der Waals surface area contributed by atoms with Crippen LogP contribution in [0.25, 0.3) is 0 Å². The van der Waals surface area contributed by atoms with E-state index in [1.165, 1.54) is 5.56 Å². The fraction of sp³-hybridized carbons (Fsp3) is 0.294. The highest BCUT2D eigenvalue weighted by molar-refractivity contribution is 5.53. The van der Waals surface area contributed by atoms with E-state index >= 15 is 0 Å². The molecule has 0 aliphatic rings. The zero-order chi connectivity index (χ0) is 13.8. The second-order valence-corrected chi connectivity index (χ2v) is 5.23. The number of aryl methyl sites for hydroxylation is 1. The Morgan fingerprint density at radius 1 is 1.11 bits per heavy atom. The maximum Gasteiger partial charge on any atom is 0.120 e. The van der Waals surface area contributed by atoms with E-state index in [1.54, 1.807) is 6.07 Å². The molecule has 2 heteroatoms. The van der Waals surface area contributed by atoms with Crippen molar-refractivity contribution in [2.24, 2.45) is 0 Å². The van der Waals surface area contributed by atoms with Crippen molar-refractivity contribution < 1.29 is 5.11 Å². The summed E-state index contributed by atoms with van der Waals surface area (Å²) in [6, 6.07) is 14.0. The first-order valence-electron chi connectivity index (χ1n) is 6.69. The first-order chi connectivity index (χ1) is 9.08. The molecule has 2 aromatic rings. The first kappa shape index (κ1) is 13.5. The van der Waals surface area contributed by atoms with Crippen molar-refractivity contribution in [2.45, 2.75) is 33.2 Å². The highest BCUT2D eigenvalue weighted by atomic mass is 16.3. The molecule has 0 spiro atoms. The maximum atomic E-state index is 9.85. The molecule has 2 aromatic carbocycles. The van der Waals surface area contributed by atoms with Gasteiger partial charge < -0.3 is 10.4 Å². The summed E-state index contributed by atoms with van der Waals surface area (Å²) in [5.41, 5.74) is 4.53. The summed E-state index contributed by atoms with van der Waals surface area (Å²) in [5, 5.41) is 13.3. The monoisotopic (exact) mass is 255 g/mol. The summed E-state index contributed by atoms with van der Waals surface area (Å²) in [6.07, 6.45) is 0. The van der Waals surface area contributed by atoms with Crippen LogP contribution in [0.3, 0.4) is 0 Å². The molecule has 0 amide bonds. The van der Waals surface area contributed by atoms with Crippen molar-refractivity contribution in [2.75, 3.05) is 5.32 Å². The number of nitrogens with one attached hydrogen (secondary N) is 1. The van der Waals surface area contributed by atoms with E-state index in [-0.39, 0.29) is 0 Å². The van der Waals surface area contributed by atoms with Gasteiger partial charge in [0.15, 0.2) is 0 Å². The zero-order valence-electron chi connectivity index (χ0n) is 11.8. The van der Waals surface area contributed by atoms with E-state index in [0.29, 0.717) is 18.2 Å². The van der Waals surface area contributed by atoms with Crippen LogP contribution in [0.15, 0.2) is 42.5 Å². The smallest absolute Gasteiger partial charge is 0.120 e. The number of rotatable bonds is 4. The van der Waals surface area contributed by atoms with E-state index < -0.39 is 0 Å². The fourth-order valence-electron chi connectivity index (χ4n) is 2.21. The molecule has 2 rings (SSSR count). The second kappa shape index (κ2) is 5.79. The van der Waals surface area contributed by atoms with Crippen LogP contribution in [0.5, 0.6) is 5.75 Å². The average Bonchev–Trinajstić information content (AvgIpc) is 2.40. The normalized spacial score (nSPS) is 10.7. The number of benzene rings is 2. The zero-order valence-corrected chi connectivity index (χ0v) is 11.8. The fourth-order valence-corrected chi connectivity index (χ4v) is 2.21. The molecule has 2 N–H and O–H groups in total. The Bertz CT molecular complexity index is 561. The number of hydrogen-bond donors (Lipinski definition) is 2. The summed E-state index contributed by atoms with van der Waals surface area (Å²) in [7, 11) is 0. The Kier molecular flexibility index (Phi) is 4.10. The second-order valence-electron chi connectivity index (χ2n) is 5.23. The van der Waals surface area contributed by atoms with Gasteiger partial charge in [0.25, 0.3) is 0 Å². The first-order valence-corrected chi connectivity index (χ1v) is 6.69. The summed E-state index contributed by atoms with van der Waals surface area (Å²) in [6.45, 7) is 7.04. The molecule has 0 heterocycles. The van der Waals surface area contributed by atoms with Crippen LogP contribution in [0.4, 0.5) is 5.69 Å². The minimum Gasteiger partial charge on any atom is -0.508 e. The maximum absolute atomic E-state index is 9.85. The lowest BCUT2D eigenvalue weighted by Gasteiger charge is -2.15. The lowest BCUT2D eigenvalue weighted by Crippen LogP contribution is -2.03. The van der Waals surface area contributed by atoms with Crippen LogP contribution in [0.1, 0.15) is 36.5 Å². The Labute approximate surface area is 115 Å². The van der Waals surface area contributed by atoms with E-state index in [4.69, 9.17) is 0 Å². The minimum absolute atomic E-state index is 0.347. The van der Waals surface area contributed by atoms with Crippen molar-refractivity contribution in [3.63, 3.8) is 0 Å². The van der Waals surface area contributed by atoms with E-state index in [1.807, 2.05) is 25.1 Å². The SMILES string of the molecule is Cc1ccc(O)c(CNc2ccccc2C(C)C)c1. The molecule has 0 aromatic heterocycles. The quantitative estimate of drug-likeness (QED) is 0.846. The summed E-state index contributed by atoms with van der Waals surface area (Å²) in [4.78, 5) is 0. The number of phenols is 1. The molecule has 2 nitrogen and oxygen atoms in total. The Balaban J connectivity index is 2.17. The van der Waals surface area contributed by atoms with Gasteiger partial charge in [-0.15, -0.1) is 0 Å². The molecule has 0 bridgehead atoms. The largest absolute Gasteiger partial charge is 0.508 e. The lowest BCUT2D eigenvalue weighted by molar-refractivity contribution is 0.469. The van der Waals surface area contributed by atoms with Crippen LogP contribution in [-0.2, 0) is 6.54 Å². The van der Waals surface area contributed by atoms with E-state index in [2.05, 4.69) is 37.4 Å². The Hall–Kier alpha value is -1.96. The molecule has 0 saturated heterocycles. The third-order valence-electron chi connectivity index (χ3n) is 3.29. The summed E-state index contributed by atoms with van der Waals surface area (Å²) in [5.74, 6) is 0.829. The van der Waals surface area contributed by atoms with Gasteiger partial charge in [0.2, 0.25) is 0 Å². The van der Waals surface area contributed by atoms with E-state index in [0.717, 1.165) is 16.8 Å². The van der Waals surface area contributed by atoms with Crippen LogP contribution < -0.4 is 5.32 Å². The standard InChI is InChI=1S/C17H21NO/c1-12(2)15-6-4-5-7-16(15)18-11-14-10-13(3)8-9-17(14)19/h4-10,12,18-19H,11H2,1-3H3. The Morgan fingerprint density at radius 3 is 2.58 bits per heavy atom. The van der Waals surface area contributed by atoms with Gasteiger partial charge in [-0.25, -0.2) is 0 Å². The molecule has 0 fully saturated rings. The number of para-hydroxylation sites is 1. The van der Waals surface area contributed by atoms with Crippen molar-refractivity contribution in [1.82, 2.24) is 0 Å². The van der Waals surface area contributed by atoms with Gasteiger partial charge in [-0.2, -0.15) is 0 Å². The van der Waals surface area contributed by atoms with Crippen LogP contribution >= 0.6 is 0 Å². The average molecular weight is 255 g/mol. The molecule has 100 valence electrons. The van der Waals surface area contributed by atoms with E-state index in [9.17, 15) is 5.11 Å². The molecule has 0 atom stereocenters. The number of anilines is 1. The number of hydrogen-bond acceptors (Lipinski definition) is 2. The molecule has 19 heavy (non-hydrogen) atoms. The molecule has 0 aliphatic heterocycles. The third-order valence-corrected chi connectivity index (χ3v) is 3.29. The predicted octanol–water partition coefficient (Wildman–Crippen LogP) is 4.44. The van der Waals surface area contributed by atoms with Crippen molar-refractivity contribution >= 4 is 5.69 Å². The van der Waals surface area contributed by atoms with Crippen LogP contribution in [0, 0.1) is 6.92 Å². The van der Waals surface area contributed by atoms with Gasteiger partial charge in [-0.3, -0.25) is 0 Å². The van der Waals surface area contributed by atoms with Gasteiger partial charge in [0.05, 0.1) is 0 Å². The number of aromatic hydroxyl groups is 1. The molecular weight excluding hydrogens is 234 g/mol. The van der Waals surface area contributed by atoms with Gasteiger partial charge in [-0.05, 0) is 30.5 Å². The van der Waals surface area contributed by atoms with Gasteiger partial charge in [0, 0.05) is 17.8 Å². The number of phenolic OH excluding ortho intramolecular Hbond substituents is 1. The molecule has 0 aliphatic carbocycles. The minimum atomic E-state index is 0.347. The Morgan fingerprint density at radius 2 is 1.84 bits per heavy atom. The topological polar surface area (TPSA) is 32.3 Å². The van der Waals surface area contributed by atoms with Gasteiger partial charge in [-0.1, -0.05) is 49.7 Å². The highest BCUT2D eigenvalue weighted by Gasteiger charge is 2.06. The molecule has 0 unspecified atom stereocenters. The van der Waals surface area contributed by atoms with Gasteiger partial charge >= 0.3 is 0 Å².